The molecule has 1 aliphatic carbocycles. The maximum Gasteiger partial charge on any atom is 0.332 e. The van der Waals surface area contributed by atoms with Gasteiger partial charge in [0.1, 0.15) is 0 Å². The molecule has 4 heteroatoms. The van der Waals surface area contributed by atoms with Crippen molar-refractivity contribution in [2.45, 2.75) is 37.1 Å². The summed E-state index contributed by atoms with van der Waals surface area (Å²) in [5.74, 6) is 6.51. The number of benzene rings is 1. The Morgan fingerprint density at radius 1 is 1.22 bits per heavy atom. The van der Waals surface area contributed by atoms with Gasteiger partial charge in [0.25, 0.3) is 0 Å². The summed E-state index contributed by atoms with van der Waals surface area (Å²) in [6.45, 7) is 0.698. The summed E-state index contributed by atoms with van der Waals surface area (Å²) in [7, 11) is 0. The van der Waals surface area contributed by atoms with E-state index in [1.54, 1.807) is 0 Å². The van der Waals surface area contributed by atoms with Crippen molar-refractivity contribution in [3.63, 3.8) is 0 Å². The molecule has 1 heterocycles. The van der Waals surface area contributed by atoms with E-state index >= 15 is 0 Å². The quantitative estimate of drug-likeness (QED) is 0.587. The number of hydrogen-bond donors (Lipinski definition) is 2. The molecule has 3 rings (SSSR count). The molecule has 1 saturated heterocycles. The van der Waals surface area contributed by atoms with Gasteiger partial charge in [0.05, 0.1) is 5.54 Å². The summed E-state index contributed by atoms with van der Waals surface area (Å²) >= 11 is 0. The zero-order valence-electron chi connectivity index (χ0n) is 10.4. The zero-order valence-corrected chi connectivity index (χ0v) is 10.4. The lowest BCUT2D eigenvalue weighted by Gasteiger charge is -2.40. The Kier molecular flexibility index (Phi) is 2.74. The predicted octanol–water partition coefficient (Wildman–Crippen LogP) is 1.98. The molecule has 0 aromatic heterocycles. The molecule has 96 valence electrons. The van der Waals surface area contributed by atoms with Gasteiger partial charge in [-0.05, 0) is 37.2 Å². The number of carbonyl (C=O) groups excluding carboxylic acids is 1. The molecule has 1 aliphatic heterocycles. The molecule has 18 heavy (non-hydrogen) atoms. The van der Waals surface area contributed by atoms with Crippen LogP contribution < -0.4 is 11.2 Å². The summed E-state index contributed by atoms with van der Waals surface area (Å²) in [5, 5.41) is 4.27. The fourth-order valence-electron chi connectivity index (χ4n) is 3.26. The van der Waals surface area contributed by atoms with Crippen molar-refractivity contribution in [3.8, 4) is 0 Å². The molecule has 2 amide bonds. The van der Waals surface area contributed by atoms with Gasteiger partial charge in [-0.3, -0.25) is 5.01 Å². The van der Waals surface area contributed by atoms with Gasteiger partial charge in [0, 0.05) is 6.54 Å². The van der Waals surface area contributed by atoms with E-state index in [0.717, 1.165) is 25.7 Å². The average molecular weight is 245 g/mol. The van der Waals surface area contributed by atoms with E-state index in [4.69, 9.17) is 5.84 Å². The lowest BCUT2D eigenvalue weighted by molar-refractivity contribution is 0.113. The maximum atomic E-state index is 11.5. The number of nitrogens with two attached hydrogens (primary N) is 1. The van der Waals surface area contributed by atoms with Crippen LogP contribution in [0.25, 0.3) is 0 Å². The second kappa shape index (κ2) is 4.28. The van der Waals surface area contributed by atoms with E-state index in [1.807, 2.05) is 0 Å². The third kappa shape index (κ3) is 1.77. The topological polar surface area (TPSA) is 58.4 Å². The monoisotopic (exact) mass is 245 g/mol. The number of hydrogen-bond acceptors (Lipinski definition) is 2. The lowest BCUT2D eigenvalue weighted by Crippen LogP contribution is -2.53. The molecule has 2 aliphatic rings. The van der Waals surface area contributed by atoms with Crippen LogP contribution in [-0.2, 0) is 0 Å². The van der Waals surface area contributed by atoms with Crippen molar-refractivity contribution >= 4 is 6.03 Å². The molecule has 1 aromatic carbocycles. The van der Waals surface area contributed by atoms with Gasteiger partial charge < -0.3 is 5.32 Å². The molecular formula is C14H19N3O. The number of nitrogens with one attached hydrogen (secondary N) is 1. The maximum absolute atomic E-state index is 11.5. The van der Waals surface area contributed by atoms with Gasteiger partial charge in [-0.15, -0.1) is 0 Å². The average Bonchev–Trinajstić information content (AvgIpc) is 2.70. The summed E-state index contributed by atoms with van der Waals surface area (Å²) < 4.78 is 0. The number of nitrogens with zero attached hydrogens (tertiary/aromatic N) is 1. The molecule has 0 atom stereocenters. The summed E-state index contributed by atoms with van der Waals surface area (Å²) in [5.41, 5.74) is 1.27. The molecule has 1 saturated carbocycles. The smallest absolute Gasteiger partial charge is 0.332 e. The van der Waals surface area contributed by atoms with Crippen LogP contribution in [0.4, 0.5) is 4.79 Å². The Bertz CT molecular complexity index is 438. The third-order valence-electron chi connectivity index (χ3n) is 4.49. The molecular weight excluding hydrogens is 226 g/mol. The van der Waals surface area contributed by atoms with E-state index in [1.165, 1.54) is 10.6 Å². The Balaban J connectivity index is 1.70. The second-order valence-corrected chi connectivity index (χ2v) is 5.44. The van der Waals surface area contributed by atoms with Crippen molar-refractivity contribution in [2.24, 2.45) is 5.84 Å². The SMILES string of the molecule is NN1C(=O)NCC12CCC(c1ccccc1)CC2. The number of urea groups is 1. The molecule has 0 radical (unpaired) electrons. The second-order valence-electron chi connectivity index (χ2n) is 5.44. The van der Waals surface area contributed by atoms with Gasteiger partial charge in [0.2, 0.25) is 0 Å². The van der Waals surface area contributed by atoms with Crippen LogP contribution in [0, 0.1) is 0 Å². The molecule has 1 spiro atoms. The minimum absolute atomic E-state index is 0.131. The molecule has 2 fully saturated rings. The van der Waals surface area contributed by atoms with Crippen LogP contribution in [0.1, 0.15) is 37.2 Å². The largest absolute Gasteiger partial charge is 0.334 e. The highest BCUT2D eigenvalue weighted by molar-refractivity contribution is 5.77. The van der Waals surface area contributed by atoms with E-state index in [9.17, 15) is 4.79 Å². The molecule has 1 aromatic rings. The highest BCUT2D eigenvalue weighted by Gasteiger charge is 2.46. The van der Waals surface area contributed by atoms with Crippen LogP contribution in [0.3, 0.4) is 0 Å². The van der Waals surface area contributed by atoms with Crippen LogP contribution >= 0.6 is 0 Å². The van der Waals surface area contributed by atoms with Crippen LogP contribution in [0.15, 0.2) is 30.3 Å². The van der Waals surface area contributed by atoms with Crippen molar-refractivity contribution in [1.29, 1.82) is 0 Å². The Labute approximate surface area is 107 Å². The Morgan fingerprint density at radius 3 is 2.44 bits per heavy atom. The van der Waals surface area contributed by atoms with Gasteiger partial charge >= 0.3 is 6.03 Å². The van der Waals surface area contributed by atoms with Gasteiger partial charge in [0.15, 0.2) is 0 Å². The number of carbonyl (C=O) groups is 1. The Morgan fingerprint density at radius 2 is 1.89 bits per heavy atom. The van der Waals surface area contributed by atoms with Crippen molar-refractivity contribution in [1.82, 2.24) is 10.3 Å². The van der Waals surface area contributed by atoms with E-state index in [2.05, 4.69) is 35.6 Å². The highest BCUT2D eigenvalue weighted by atomic mass is 16.2. The molecule has 3 N–H and O–H groups in total. The first-order valence-electron chi connectivity index (χ1n) is 6.59. The molecule has 0 bridgehead atoms. The van der Waals surface area contributed by atoms with Gasteiger partial charge in [-0.25, -0.2) is 10.6 Å². The first-order chi connectivity index (χ1) is 8.71. The molecule has 4 nitrogen and oxygen atoms in total. The fraction of sp³-hybridized carbons (Fsp3) is 0.500. The van der Waals surface area contributed by atoms with E-state index in [0.29, 0.717) is 12.5 Å². The summed E-state index contributed by atoms with van der Waals surface area (Å²) in [4.78, 5) is 11.5. The minimum Gasteiger partial charge on any atom is -0.334 e. The predicted molar refractivity (Wildman–Crippen MR) is 69.8 cm³/mol. The van der Waals surface area contributed by atoms with E-state index in [-0.39, 0.29) is 11.6 Å². The zero-order chi connectivity index (χ0) is 12.6. The third-order valence-corrected chi connectivity index (χ3v) is 4.49. The fourth-order valence-corrected chi connectivity index (χ4v) is 3.26. The van der Waals surface area contributed by atoms with Crippen LogP contribution in [0.2, 0.25) is 0 Å². The summed E-state index contributed by atoms with van der Waals surface area (Å²) in [6.07, 6.45) is 4.18. The Hall–Kier alpha value is -1.55. The van der Waals surface area contributed by atoms with Crippen molar-refractivity contribution < 1.29 is 4.79 Å². The van der Waals surface area contributed by atoms with Crippen LogP contribution in [0.5, 0.6) is 0 Å². The van der Waals surface area contributed by atoms with Gasteiger partial charge in [-0.2, -0.15) is 0 Å². The first kappa shape index (κ1) is 11.5. The standard InChI is InChI=1S/C14H19N3O/c15-17-13(18)16-10-14(17)8-6-12(7-9-14)11-4-2-1-3-5-11/h1-5,12H,6-10,15H2,(H,16,18). The minimum atomic E-state index is -0.137. The molecule has 0 unspecified atom stereocenters. The normalized spacial score (nSPS) is 31.7. The number of rotatable bonds is 1. The number of hydrazine groups is 1. The van der Waals surface area contributed by atoms with E-state index < -0.39 is 0 Å². The lowest BCUT2D eigenvalue weighted by atomic mass is 9.74. The van der Waals surface area contributed by atoms with Crippen molar-refractivity contribution in [2.75, 3.05) is 6.54 Å². The van der Waals surface area contributed by atoms with Crippen LogP contribution in [-0.4, -0.2) is 23.1 Å². The first-order valence-corrected chi connectivity index (χ1v) is 6.59. The van der Waals surface area contributed by atoms with Gasteiger partial charge in [-0.1, -0.05) is 30.3 Å². The highest BCUT2D eigenvalue weighted by Crippen LogP contribution is 2.41. The number of amides is 2. The van der Waals surface area contributed by atoms with Crippen molar-refractivity contribution in [3.05, 3.63) is 35.9 Å². The summed E-state index contributed by atoms with van der Waals surface area (Å²) in [6, 6.07) is 10.5.